The van der Waals surface area contributed by atoms with E-state index in [1.54, 1.807) is 48.5 Å². The summed E-state index contributed by atoms with van der Waals surface area (Å²) in [6.45, 7) is 8.98. The molecule has 42 heavy (non-hydrogen) atoms. The van der Waals surface area contributed by atoms with Crippen molar-refractivity contribution in [3.63, 3.8) is 0 Å². The number of rotatable bonds is 15. The first-order chi connectivity index (χ1) is 20.1. The number of nitrogens with zero attached hydrogens (tertiary/aromatic N) is 1. The summed E-state index contributed by atoms with van der Waals surface area (Å²) in [4.78, 5) is 38.5. The van der Waals surface area contributed by atoms with Crippen molar-refractivity contribution < 1.29 is 29.0 Å². The maximum absolute atomic E-state index is 13.1. The van der Waals surface area contributed by atoms with Crippen LogP contribution in [-0.4, -0.2) is 47.5 Å². The van der Waals surface area contributed by atoms with Crippen LogP contribution in [0.5, 0.6) is 11.5 Å². The van der Waals surface area contributed by atoms with E-state index >= 15 is 0 Å². The molecule has 3 aromatic rings. The van der Waals surface area contributed by atoms with Crippen LogP contribution in [0.3, 0.4) is 0 Å². The van der Waals surface area contributed by atoms with Crippen LogP contribution in [0.15, 0.2) is 72.8 Å². The molecular formula is C35H43NO6. The molecule has 0 aliphatic heterocycles. The molecular weight excluding hydrogens is 530 g/mol. The summed E-state index contributed by atoms with van der Waals surface area (Å²) in [5.41, 5.74) is 2.81. The van der Waals surface area contributed by atoms with E-state index in [1.165, 1.54) is 24.2 Å². The van der Waals surface area contributed by atoms with Crippen LogP contribution in [0, 0.1) is 0 Å². The van der Waals surface area contributed by atoms with E-state index in [9.17, 15) is 19.5 Å². The number of carboxylic acid groups (broad SMARTS) is 1. The second-order valence-corrected chi connectivity index (χ2v) is 11.5. The summed E-state index contributed by atoms with van der Waals surface area (Å²) >= 11 is 0. The average Bonchev–Trinajstić information content (AvgIpc) is 2.97. The third-order valence-corrected chi connectivity index (χ3v) is 7.02. The maximum Gasteiger partial charge on any atom is 0.343 e. The maximum atomic E-state index is 13.1. The minimum Gasteiger partial charge on any atom is -0.494 e. The van der Waals surface area contributed by atoms with E-state index in [4.69, 9.17) is 9.47 Å². The molecule has 0 radical (unpaired) electrons. The van der Waals surface area contributed by atoms with Crippen molar-refractivity contribution >= 4 is 17.8 Å². The van der Waals surface area contributed by atoms with Crippen LogP contribution in [0.2, 0.25) is 0 Å². The topological polar surface area (TPSA) is 93.1 Å². The Morgan fingerprint density at radius 2 is 1.36 bits per heavy atom. The Labute approximate surface area is 249 Å². The first kappa shape index (κ1) is 32.4. The van der Waals surface area contributed by atoms with Gasteiger partial charge in [-0.05, 0) is 77.9 Å². The fourth-order valence-electron chi connectivity index (χ4n) is 4.45. The second-order valence-electron chi connectivity index (χ2n) is 11.5. The number of unbranched alkanes of at least 4 members (excludes halogenated alkanes) is 4. The summed E-state index contributed by atoms with van der Waals surface area (Å²) in [6.07, 6.45) is 6.31. The molecule has 0 spiro atoms. The smallest absolute Gasteiger partial charge is 0.343 e. The molecule has 0 unspecified atom stereocenters. The van der Waals surface area contributed by atoms with Gasteiger partial charge in [0.2, 0.25) is 0 Å². The molecule has 0 bridgehead atoms. The van der Waals surface area contributed by atoms with Gasteiger partial charge in [0.05, 0.1) is 12.2 Å². The van der Waals surface area contributed by atoms with E-state index < -0.39 is 18.5 Å². The molecule has 3 aromatic carbocycles. The van der Waals surface area contributed by atoms with Crippen molar-refractivity contribution in [3.8, 4) is 11.5 Å². The Balaban J connectivity index is 1.52. The van der Waals surface area contributed by atoms with Gasteiger partial charge < -0.3 is 19.5 Å². The molecule has 0 fully saturated rings. The molecule has 0 saturated carbocycles. The van der Waals surface area contributed by atoms with Gasteiger partial charge in [0.1, 0.15) is 18.0 Å². The van der Waals surface area contributed by atoms with Gasteiger partial charge in [-0.2, -0.15) is 0 Å². The number of hydrogen-bond acceptors (Lipinski definition) is 5. The zero-order valence-electron chi connectivity index (χ0n) is 25.2. The number of amides is 1. The molecule has 1 N–H and O–H groups in total. The van der Waals surface area contributed by atoms with Crippen molar-refractivity contribution in [1.82, 2.24) is 4.90 Å². The highest BCUT2D eigenvalue weighted by Gasteiger charge is 2.20. The summed E-state index contributed by atoms with van der Waals surface area (Å²) in [7, 11) is 0. The molecule has 0 aliphatic carbocycles. The van der Waals surface area contributed by atoms with Crippen molar-refractivity contribution in [1.29, 1.82) is 0 Å². The molecule has 0 aliphatic rings. The molecule has 7 heteroatoms. The van der Waals surface area contributed by atoms with Crippen molar-refractivity contribution in [2.45, 2.75) is 71.6 Å². The fraction of sp³-hybridized carbons (Fsp3) is 0.400. The number of benzene rings is 3. The lowest BCUT2D eigenvalue weighted by molar-refractivity contribution is -0.137. The summed E-state index contributed by atoms with van der Waals surface area (Å²) < 4.78 is 11.3. The van der Waals surface area contributed by atoms with Crippen LogP contribution in [0.25, 0.3) is 0 Å². The number of aliphatic carboxylic acids is 1. The number of esters is 1. The first-order valence-electron chi connectivity index (χ1n) is 14.7. The quantitative estimate of drug-likeness (QED) is 0.116. The lowest BCUT2D eigenvalue weighted by atomic mass is 9.86. The van der Waals surface area contributed by atoms with E-state index in [2.05, 4.69) is 27.7 Å². The number of carboxylic acids is 1. The van der Waals surface area contributed by atoms with Crippen LogP contribution >= 0.6 is 0 Å². The minimum atomic E-state index is -1.07. The van der Waals surface area contributed by atoms with Gasteiger partial charge in [0.15, 0.2) is 0 Å². The summed E-state index contributed by atoms with van der Waals surface area (Å²) in [5.74, 6) is -0.743. The molecule has 0 atom stereocenters. The largest absolute Gasteiger partial charge is 0.494 e. The van der Waals surface area contributed by atoms with Crippen molar-refractivity contribution in [2.24, 2.45) is 0 Å². The predicted molar refractivity (Wildman–Crippen MR) is 164 cm³/mol. The number of carbonyl (C=O) groups is 3. The number of hydrogen-bond donors (Lipinski definition) is 1. The van der Waals surface area contributed by atoms with Gasteiger partial charge in [0, 0.05) is 12.1 Å². The molecule has 0 heterocycles. The van der Waals surface area contributed by atoms with Crippen LogP contribution < -0.4 is 9.47 Å². The van der Waals surface area contributed by atoms with E-state index in [0.29, 0.717) is 29.9 Å². The van der Waals surface area contributed by atoms with Gasteiger partial charge in [0.25, 0.3) is 5.91 Å². The fourth-order valence-corrected chi connectivity index (χ4v) is 4.45. The normalized spacial score (nSPS) is 11.1. The molecule has 0 saturated heterocycles. The third kappa shape index (κ3) is 10.4. The SMILES string of the molecule is CCCCCCCOc1ccc(C(=O)Oc2ccc(CCN(CC(=O)O)C(=O)c3ccc(C(C)(C)C)cc3)cc2)cc1. The Hall–Kier alpha value is -4.13. The lowest BCUT2D eigenvalue weighted by Gasteiger charge is -2.22. The first-order valence-corrected chi connectivity index (χ1v) is 14.7. The van der Waals surface area contributed by atoms with Crippen molar-refractivity contribution in [3.05, 3.63) is 95.1 Å². The van der Waals surface area contributed by atoms with E-state index in [-0.39, 0.29) is 17.9 Å². The lowest BCUT2D eigenvalue weighted by Crippen LogP contribution is -2.37. The molecule has 0 aromatic heterocycles. The third-order valence-electron chi connectivity index (χ3n) is 7.02. The number of ether oxygens (including phenoxy) is 2. The Morgan fingerprint density at radius 3 is 1.95 bits per heavy atom. The van der Waals surface area contributed by atoms with Gasteiger partial charge in [-0.25, -0.2) is 4.79 Å². The molecule has 3 rings (SSSR count). The Kier molecular flexibility index (Phi) is 12.1. The van der Waals surface area contributed by atoms with Gasteiger partial charge >= 0.3 is 11.9 Å². The summed E-state index contributed by atoms with van der Waals surface area (Å²) in [6, 6.07) is 21.2. The monoisotopic (exact) mass is 573 g/mol. The average molecular weight is 574 g/mol. The van der Waals surface area contributed by atoms with Crippen molar-refractivity contribution in [2.75, 3.05) is 19.7 Å². The highest BCUT2D eigenvalue weighted by atomic mass is 16.5. The zero-order chi connectivity index (χ0) is 30.5. The predicted octanol–water partition coefficient (Wildman–Crippen LogP) is 7.32. The highest BCUT2D eigenvalue weighted by molar-refractivity contribution is 5.96. The number of carbonyl (C=O) groups excluding carboxylic acids is 2. The standard InChI is InChI=1S/C35H43NO6/c1-5-6-7-8-9-24-41-30-20-14-28(15-21-30)34(40)42-31-18-10-26(11-19-31)22-23-36(25-32(37)38)33(39)27-12-16-29(17-13-27)35(2,3)4/h10-21H,5-9,22-25H2,1-4H3,(H,37,38). The Morgan fingerprint density at radius 1 is 0.762 bits per heavy atom. The molecule has 7 nitrogen and oxygen atoms in total. The van der Waals surface area contributed by atoms with E-state index in [0.717, 1.165) is 29.7 Å². The van der Waals surface area contributed by atoms with Crippen LogP contribution in [-0.2, 0) is 16.6 Å². The highest BCUT2D eigenvalue weighted by Crippen LogP contribution is 2.23. The molecule has 1 amide bonds. The van der Waals surface area contributed by atoms with Crippen LogP contribution in [0.4, 0.5) is 0 Å². The minimum absolute atomic E-state index is 0.0463. The van der Waals surface area contributed by atoms with Crippen LogP contribution in [0.1, 0.15) is 91.6 Å². The second kappa shape index (κ2) is 15.8. The zero-order valence-corrected chi connectivity index (χ0v) is 25.2. The van der Waals surface area contributed by atoms with E-state index in [1.807, 2.05) is 24.3 Å². The summed E-state index contributed by atoms with van der Waals surface area (Å²) in [5, 5.41) is 9.38. The van der Waals surface area contributed by atoms with Gasteiger partial charge in [-0.1, -0.05) is 77.6 Å². The van der Waals surface area contributed by atoms with Gasteiger partial charge in [-0.3, -0.25) is 9.59 Å². The Bertz CT molecular complexity index is 1290. The van der Waals surface area contributed by atoms with Gasteiger partial charge in [-0.15, -0.1) is 0 Å². The molecule has 224 valence electrons.